The lowest BCUT2D eigenvalue weighted by Gasteiger charge is -2.12. The second-order valence-corrected chi connectivity index (χ2v) is 6.20. The Balaban J connectivity index is 1.72. The zero-order valence-corrected chi connectivity index (χ0v) is 13.8. The van der Waals surface area contributed by atoms with Gasteiger partial charge in [0.2, 0.25) is 0 Å². The van der Waals surface area contributed by atoms with E-state index in [2.05, 4.69) is 15.3 Å². The Morgan fingerprint density at radius 3 is 2.82 bits per heavy atom. The van der Waals surface area contributed by atoms with Gasteiger partial charge in [-0.15, -0.1) is 0 Å². The molecule has 2 heterocycles. The fourth-order valence-electron chi connectivity index (χ4n) is 2.50. The third kappa shape index (κ3) is 3.69. The lowest BCUT2D eigenvalue weighted by atomic mass is 10.0. The minimum absolute atomic E-state index is 0.368. The van der Waals surface area contributed by atoms with E-state index < -0.39 is 0 Å². The monoisotopic (exact) mass is 337 g/mol. The van der Waals surface area contributed by atoms with Gasteiger partial charge < -0.3 is 10.1 Å². The molecule has 0 saturated carbocycles. The SMILES string of the molecule is Cc1nc(NCc2ccc(Cl)c(Cl)c2)cc(C2CCOC2)n1. The molecule has 1 unspecified atom stereocenters. The van der Waals surface area contributed by atoms with Crippen molar-refractivity contribution in [3.8, 4) is 0 Å². The number of hydrogen-bond donors (Lipinski definition) is 1. The Morgan fingerprint density at radius 2 is 2.09 bits per heavy atom. The number of nitrogens with one attached hydrogen (secondary N) is 1. The summed E-state index contributed by atoms with van der Waals surface area (Å²) in [5, 5.41) is 4.44. The molecule has 1 fully saturated rings. The third-order valence-electron chi connectivity index (χ3n) is 3.66. The molecule has 3 rings (SSSR count). The molecular formula is C16H17Cl2N3O. The van der Waals surface area contributed by atoms with Gasteiger partial charge in [0.25, 0.3) is 0 Å². The molecule has 116 valence electrons. The standard InChI is InChI=1S/C16H17Cl2N3O/c1-10-20-15(12-4-5-22-9-12)7-16(21-10)19-8-11-2-3-13(17)14(18)6-11/h2-3,6-7,12H,4-5,8-9H2,1H3,(H,19,20,21). The molecule has 1 atom stereocenters. The van der Waals surface area contributed by atoms with Crippen LogP contribution in [0.15, 0.2) is 24.3 Å². The quantitative estimate of drug-likeness (QED) is 0.907. The molecule has 1 saturated heterocycles. The Kier molecular flexibility index (Phi) is 4.81. The molecule has 1 aliphatic heterocycles. The summed E-state index contributed by atoms with van der Waals surface area (Å²) in [5.74, 6) is 1.95. The molecule has 0 spiro atoms. The predicted molar refractivity (Wildman–Crippen MR) is 88.7 cm³/mol. The first-order valence-electron chi connectivity index (χ1n) is 7.23. The summed E-state index contributed by atoms with van der Waals surface area (Å²) in [5.41, 5.74) is 2.10. The highest BCUT2D eigenvalue weighted by Gasteiger charge is 2.20. The molecule has 1 aromatic heterocycles. The van der Waals surface area contributed by atoms with Gasteiger partial charge in [0.1, 0.15) is 11.6 Å². The van der Waals surface area contributed by atoms with Crippen molar-refractivity contribution in [2.24, 2.45) is 0 Å². The summed E-state index contributed by atoms with van der Waals surface area (Å²) in [7, 11) is 0. The summed E-state index contributed by atoms with van der Waals surface area (Å²) >= 11 is 12.0. The van der Waals surface area contributed by atoms with E-state index in [1.807, 2.05) is 25.1 Å². The van der Waals surface area contributed by atoms with Crippen LogP contribution in [0.3, 0.4) is 0 Å². The number of rotatable bonds is 4. The zero-order chi connectivity index (χ0) is 15.5. The molecule has 2 aromatic rings. The van der Waals surface area contributed by atoms with Gasteiger partial charge >= 0.3 is 0 Å². The number of hydrogen-bond acceptors (Lipinski definition) is 4. The Hall–Kier alpha value is -1.36. The third-order valence-corrected chi connectivity index (χ3v) is 4.40. The van der Waals surface area contributed by atoms with E-state index in [0.717, 1.165) is 42.5 Å². The molecule has 6 heteroatoms. The fraction of sp³-hybridized carbons (Fsp3) is 0.375. The molecular weight excluding hydrogens is 321 g/mol. The van der Waals surface area contributed by atoms with Crippen molar-refractivity contribution < 1.29 is 4.74 Å². The second-order valence-electron chi connectivity index (χ2n) is 5.39. The maximum atomic E-state index is 6.03. The van der Waals surface area contributed by atoms with E-state index in [4.69, 9.17) is 27.9 Å². The van der Waals surface area contributed by atoms with Crippen LogP contribution in [-0.2, 0) is 11.3 Å². The maximum Gasteiger partial charge on any atom is 0.130 e. The number of aryl methyl sites for hydroxylation is 1. The summed E-state index contributed by atoms with van der Waals surface area (Å²) < 4.78 is 5.44. The van der Waals surface area contributed by atoms with Gasteiger partial charge in [0.15, 0.2) is 0 Å². The van der Waals surface area contributed by atoms with Crippen LogP contribution in [0.4, 0.5) is 5.82 Å². The maximum absolute atomic E-state index is 6.03. The lowest BCUT2D eigenvalue weighted by Crippen LogP contribution is -2.08. The summed E-state index contributed by atoms with van der Waals surface area (Å²) in [6.07, 6.45) is 1.02. The number of ether oxygens (including phenoxy) is 1. The van der Waals surface area contributed by atoms with Gasteiger partial charge in [0.05, 0.1) is 22.3 Å². The molecule has 0 aliphatic carbocycles. The van der Waals surface area contributed by atoms with Crippen molar-refractivity contribution in [1.29, 1.82) is 0 Å². The summed E-state index contributed by atoms with van der Waals surface area (Å²) in [4.78, 5) is 8.97. The Bertz CT molecular complexity index is 672. The van der Waals surface area contributed by atoms with Gasteiger partial charge in [0, 0.05) is 25.1 Å². The molecule has 0 bridgehead atoms. The van der Waals surface area contributed by atoms with Crippen LogP contribution in [0.2, 0.25) is 10.0 Å². The van der Waals surface area contributed by atoms with E-state index in [9.17, 15) is 0 Å². The molecule has 0 amide bonds. The largest absolute Gasteiger partial charge is 0.381 e. The first-order chi connectivity index (χ1) is 10.6. The molecule has 0 radical (unpaired) electrons. The highest BCUT2D eigenvalue weighted by atomic mass is 35.5. The van der Waals surface area contributed by atoms with Crippen LogP contribution in [0.25, 0.3) is 0 Å². The number of halogens is 2. The van der Waals surface area contributed by atoms with Crippen LogP contribution < -0.4 is 5.32 Å². The van der Waals surface area contributed by atoms with Crippen molar-refractivity contribution in [2.45, 2.75) is 25.8 Å². The van der Waals surface area contributed by atoms with E-state index in [1.165, 1.54) is 0 Å². The number of anilines is 1. The van der Waals surface area contributed by atoms with Crippen LogP contribution in [0.1, 0.15) is 29.4 Å². The van der Waals surface area contributed by atoms with Gasteiger partial charge in [-0.1, -0.05) is 29.3 Å². The van der Waals surface area contributed by atoms with Gasteiger partial charge in [-0.25, -0.2) is 9.97 Å². The van der Waals surface area contributed by atoms with E-state index >= 15 is 0 Å². The Labute approximate surface area is 139 Å². The second kappa shape index (κ2) is 6.82. The van der Waals surface area contributed by atoms with Crippen molar-refractivity contribution in [3.05, 3.63) is 51.4 Å². The molecule has 1 N–H and O–H groups in total. The van der Waals surface area contributed by atoms with E-state index in [1.54, 1.807) is 6.07 Å². The average molecular weight is 338 g/mol. The molecule has 1 aromatic carbocycles. The Morgan fingerprint density at radius 1 is 1.23 bits per heavy atom. The topological polar surface area (TPSA) is 47.0 Å². The van der Waals surface area contributed by atoms with Gasteiger partial charge in [-0.3, -0.25) is 0 Å². The fourth-order valence-corrected chi connectivity index (χ4v) is 2.82. The van der Waals surface area contributed by atoms with Crippen molar-refractivity contribution in [1.82, 2.24) is 9.97 Å². The highest BCUT2D eigenvalue weighted by Crippen LogP contribution is 2.26. The first kappa shape index (κ1) is 15.5. The first-order valence-corrected chi connectivity index (χ1v) is 7.98. The van der Waals surface area contributed by atoms with Crippen LogP contribution in [0, 0.1) is 6.92 Å². The lowest BCUT2D eigenvalue weighted by molar-refractivity contribution is 0.193. The molecule has 1 aliphatic rings. The summed E-state index contributed by atoms with van der Waals surface area (Å²) in [6, 6.07) is 7.61. The minimum Gasteiger partial charge on any atom is -0.381 e. The van der Waals surface area contributed by atoms with Crippen LogP contribution in [0.5, 0.6) is 0 Å². The van der Waals surface area contributed by atoms with Crippen LogP contribution in [-0.4, -0.2) is 23.2 Å². The number of benzene rings is 1. The van der Waals surface area contributed by atoms with Gasteiger partial charge in [-0.05, 0) is 31.0 Å². The molecule has 4 nitrogen and oxygen atoms in total. The minimum atomic E-state index is 0.368. The van der Waals surface area contributed by atoms with Crippen molar-refractivity contribution in [3.63, 3.8) is 0 Å². The zero-order valence-electron chi connectivity index (χ0n) is 12.3. The van der Waals surface area contributed by atoms with Crippen molar-refractivity contribution in [2.75, 3.05) is 18.5 Å². The smallest absolute Gasteiger partial charge is 0.130 e. The van der Waals surface area contributed by atoms with Gasteiger partial charge in [-0.2, -0.15) is 0 Å². The summed E-state index contributed by atoms with van der Waals surface area (Å²) in [6.45, 7) is 4.08. The number of nitrogens with zero attached hydrogens (tertiary/aromatic N) is 2. The number of aromatic nitrogens is 2. The van der Waals surface area contributed by atoms with E-state index in [-0.39, 0.29) is 0 Å². The highest BCUT2D eigenvalue weighted by molar-refractivity contribution is 6.42. The van der Waals surface area contributed by atoms with E-state index in [0.29, 0.717) is 22.5 Å². The van der Waals surface area contributed by atoms with Crippen LogP contribution >= 0.6 is 23.2 Å². The van der Waals surface area contributed by atoms with Crippen molar-refractivity contribution >= 4 is 29.0 Å². The average Bonchev–Trinajstić information content (AvgIpc) is 3.02. The molecule has 22 heavy (non-hydrogen) atoms. The normalized spacial score (nSPS) is 17.7. The predicted octanol–water partition coefficient (Wildman–Crippen LogP) is 4.21.